The maximum Gasteiger partial charge on any atom is 0.255 e. The van der Waals surface area contributed by atoms with Crippen molar-refractivity contribution in [2.45, 2.75) is 71.9 Å². The second-order valence-electron chi connectivity index (χ2n) is 18.9. The van der Waals surface area contributed by atoms with Crippen molar-refractivity contribution < 1.29 is 37.9 Å². The van der Waals surface area contributed by atoms with E-state index in [0.29, 0.717) is 34.9 Å². The number of piperidine rings is 2. The summed E-state index contributed by atoms with van der Waals surface area (Å²) in [6.07, 6.45) is 7.92. The average molecular weight is 905 g/mol. The third kappa shape index (κ3) is 10.9. The number of ether oxygens (including phenoxy) is 1. The number of carbonyl (C=O) groups excluding carboxylic acids is 6. The number of likely N-dealkylation sites (N-methyl/N-ethyl adjacent to an activating group) is 1. The number of primary amides is 1. The molecule has 1 aliphatic carbocycles. The Balaban J connectivity index is 0.000000264. The number of carbonyl (C=O) groups is 6. The first kappa shape index (κ1) is 48.8. The first-order valence-electron chi connectivity index (χ1n) is 22.5. The molecular formula is C50H61FN8O7. The van der Waals surface area contributed by atoms with Crippen LogP contribution in [0.1, 0.15) is 102 Å². The Morgan fingerprint density at radius 1 is 0.970 bits per heavy atom. The molecule has 1 atom stereocenters. The van der Waals surface area contributed by atoms with Crippen LogP contribution >= 0.6 is 0 Å². The van der Waals surface area contributed by atoms with Crippen molar-refractivity contribution in [1.29, 1.82) is 5.26 Å². The smallest absolute Gasteiger partial charge is 0.255 e. The van der Waals surface area contributed by atoms with Crippen LogP contribution in [-0.2, 0) is 14.4 Å². The molecule has 4 N–H and O–H groups in total. The van der Waals surface area contributed by atoms with Crippen LogP contribution in [-0.4, -0.2) is 118 Å². The van der Waals surface area contributed by atoms with E-state index >= 15 is 0 Å². The number of anilines is 3. The molecule has 16 heteroatoms. The van der Waals surface area contributed by atoms with Gasteiger partial charge in [-0.2, -0.15) is 5.26 Å². The maximum absolute atomic E-state index is 14.6. The van der Waals surface area contributed by atoms with Gasteiger partial charge in [-0.25, -0.2) is 4.39 Å². The van der Waals surface area contributed by atoms with Crippen LogP contribution in [0.15, 0.2) is 54.6 Å². The van der Waals surface area contributed by atoms with Gasteiger partial charge in [0.15, 0.2) is 6.29 Å². The van der Waals surface area contributed by atoms with Gasteiger partial charge in [0.2, 0.25) is 17.7 Å². The quantitative estimate of drug-likeness (QED) is 0.108. The zero-order valence-corrected chi connectivity index (χ0v) is 38.7. The monoisotopic (exact) mass is 904 g/mol. The highest BCUT2D eigenvalue weighted by atomic mass is 19.1. The lowest BCUT2D eigenvalue weighted by Crippen LogP contribution is -2.58. The number of piperazine rings is 1. The molecule has 66 heavy (non-hydrogen) atoms. The predicted octanol–water partition coefficient (Wildman–Crippen LogP) is 5.67. The van der Waals surface area contributed by atoms with Crippen LogP contribution in [0.3, 0.4) is 0 Å². The van der Waals surface area contributed by atoms with E-state index in [1.807, 2.05) is 17.0 Å². The Morgan fingerprint density at radius 3 is 2.24 bits per heavy atom. The van der Waals surface area contributed by atoms with E-state index in [9.17, 15) is 38.4 Å². The number of nitrogens with one attached hydrogen (secondary N) is 2. The van der Waals surface area contributed by atoms with Gasteiger partial charge >= 0.3 is 0 Å². The highest BCUT2D eigenvalue weighted by Gasteiger charge is 2.55. The van der Waals surface area contributed by atoms with Crippen LogP contribution < -0.4 is 30.9 Å². The maximum atomic E-state index is 14.6. The molecule has 0 aromatic heterocycles. The van der Waals surface area contributed by atoms with Crippen molar-refractivity contribution in [2.75, 3.05) is 75.0 Å². The second kappa shape index (κ2) is 20.7. The van der Waals surface area contributed by atoms with Gasteiger partial charge in [-0.05, 0) is 92.3 Å². The van der Waals surface area contributed by atoms with Crippen LogP contribution in [0.2, 0.25) is 0 Å². The van der Waals surface area contributed by atoms with Gasteiger partial charge in [-0.1, -0.05) is 27.7 Å². The third-order valence-electron chi connectivity index (χ3n) is 13.3. The molecule has 0 radical (unpaired) electrons. The van der Waals surface area contributed by atoms with E-state index in [2.05, 4.69) is 54.2 Å². The Hall–Kier alpha value is -6.60. The minimum Gasteiger partial charge on any atom is -0.489 e. The summed E-state index contributed by atoms with van der Waals surface area (Å²) in [5.74, 6) is -1.19. The molecular weight excluding hydrogens is 844 g/mol. The van der Waals surface area contributed by atoms with Crippen LogP contribution in [0.25, 0.3) is 6.08 Å². The molecule has 7 rings (SSSR count). The Morgan fingerprint density at radius 2 is 1.67 bits per heavy atom. The van der Waals surface area contributed by atoms with Gasteiger partial charge in [0.05, 0.1) is 22.5 Å². The largest absolute Gasteiger partial charge is 0.489 e. The van der Waals surface area contributed by atoms with E-state index in [0.717, 1.165) is 82.6 Å². The minimum atomic E-state index is -0.773. The van der Waals surface area contributed by atoms with E-state index in [1.54, 1.807) is 43.5 Å². The van der Waals surface area contributed by atoms with Crippen molar-refractivity contribution in [2.24, 2.45) is 22.5 Å². The number of rotatable bonds is 13. The Kier molecular flexibility index (Phi) is 15.3. The van der Waals surface area contributed by atoms with Crippen LogP contribution in [0, 0.1) is 33.9 Å². The fourth-order valence-electron chi connectivity index (χ4n) is 10.3. The zero-order chi connectivity index (χ0) is 47.9. The van der Waals surface area contributed by atoms with Crippen molar-refractivity contribution in [1.82, 2.24) is 15.1 Å². The molecule has 4 fully saturated rings. The molecule has 3 saturated heterocycles. The van der Waals surface area contributed by atoms with Crippen LogP contribution in [0.4, 0.5) is 21.5 Å². The van der Waals surface area contributed by atoms with Gasteiger partial charge in [0.25, 0.3) is 5.91 Å². The third-order valence-corrected chi connectivity index (χ3v) is 13.3. The van der Waals surface area contributed by atoms with E-state index in [4.69, 9.17) is 10.5 Å². The predicted molar refractivity (Wildman–Crippen MR) is 251 cm³/mol. The normalized spacial score (nSPS) is 19.7. The summed E-state index contributed by atoms with van der Waals surface area (Å²) in [6, 6.07) is 14.5. The number of hydrogen-bond acceptors (Lipinski definition) is 12. The molecule has 1 saturated carbocycles. The number of imide groups is 1. The van der Waals surface area contributed by atoms with Gasteiger partial charge in [-0.15, -0.1) is 0 Å². The molecule has 350 valence electrons. The fourth-order valence-corrected chi connectivity index (χ4v) is 10.3. The average Bonchev–Trinajstić information content (AvgIpc) is 3.29. The molecule has 3 heterocycles. The van der Waals surface area contributed by atoms with Gasteiger partial charge in [-0.3, -0.25) is 39.0 Å². The van der Waals surface area contributed by atoms with Crippen molar-refractivity contribution in [3.8, 4) is 11.8 Å². The van der Waals surface area contributed by atoms with Crippen molar-refractivity contribution in [3.05, 3.63) is 88.2 Å². The van der Waals surface area contributed by atoms with Crippen molar-refractivity contribution >= 4 is 59.3 Å². The number of allylic oxidation sites excluding steroid dienone is 1. The molecule has 1 unspecified atom stereocenters. The number of amides is 4. The van der Waals surface area contributed by atoms with Gasteiger partial charge < -0.3 is 30.5 Å². The van der Waals surface area contributed by atoms with Crippen LogP contribution in [0.5, 0.6) is 5.75 Å². The lowest BCUT2D eigenvalue weighted by atomic mass is 9.53. The first-order chi connectivity index (χ1) is 31.4. The lowest BCUT2D eigenvalue weighted by Gasteiger charge is -2.56. The van der Waals surface area contributed by atoms with Crippen molar-refractivity contribution in [3.63, 3.8) is 0 Å². The van der Waals surface area contributed by atoms with E-state index in [-0.39, 0.29) is 52.4 Å². The Labute approximate surface area is 386 Å². The summed E-state index contributed by atoms with van der Waals surface area (Å²) in [5, 5.41) is 14.6. The molecule has 4 amide bonds. The SMILES string of the molecule is CN(C(=O)c1cc(N2CCN(CC3CCN(c4ccc(C(N)=O)cc4F)CC3)CC2)ccc1C=O)C1CCC(=O)NC1=O.CNc1c(C#N)ccc(OC2C(C)(C)CC2(C)C)c1/C=C\C=O. The molecule has 3 aromatic rings. The van der Waals surface area contributed by atoms with E-state index in [1.165, 1.54) is 24.1 Å². The fraction of sp³-hybridized carbons (Fsp3) is 0.460. The minimum absolute atomic E-state index is 0.0797. The standard InChI is InChI=1S/C31H37FN6O5.C19H24N2O2/c1-35(27-6-7-28(40)34-30(27)42)31(43)24-17-23(4-2-22(24)19-39)37-14-12-36(13-15-37)18-20-8-10-38(11-9-20)26-5-3-21(29(33)41)16-25(26)32;1-18(2)12-19(3,4)17(18)23-15-9-8-13(11-20)16(21-5)14(15)7-6-10-22/h2-5,16-17,19-20,27H,6-15,18H2,1H3,(H2,33,41)(H,34,40,42);6-10,17,21H,12H2,1-5H3/b;7-6-. The highest BCUT2D eigenvalue weighted by molar-refractivity contribution is 6.06. The number of nitrogens with two attached hydrogens (primary N) is 1. The highest BCUT2D eigenvalue weighted by Crippen LogP contribution is 2.55. The number of hydrogen-bond donors (Lipinski definition) is 3. The zero-order valence-electron chi connectivity index (χ0n) is 38.7. The summed E-state index contributed by atoms with van der Waals surface area (Å²) in [4.78, 5) is 79.0. The topological polar surface area (TPSA) is 198 Å². The summed E-state index contributed by atoms with van der Waals surface area (Å²) in [7, 11) is 3.28. The number of nitrogens with zero attached hydrogens (tertiary/aromatic N) is 5. The molecule has 0 spiro atoms. The summed E-state index contributed by atoms with van der Waals surface area (Å²) >= 11 is 0. The number of aldehydes is 2. The molecule has 3 aliphatic heterocycles. The second-order valence-corrected chi connectivity index (χ2v) is 18.9. The summed E-state index contributed by atoms with van der Waals surface area (Å²) in [6.45, 7) is 14.4. The summed E-state index contributed by atoms with van der Waals surface area (Å²) in [5.41, 5.74) is 9.38. The molecule has 15 nitrogen and oxygen atoms in total. The Bertz CT molecular complexity index is 2400. The first-order valence-corrected chi connectivity index (χ1v) is 22.5. The van der Waals surface area contributed by atoms with Gasteiger partial charge in [0.1, 0.15) is 36.1 Å². The molecule has 4 aliphatic rings. The van der Waals surface area contributed by atoms with Gasteiger partial charge in [0, 0.05) is 99.5 Å². The number of benzene rings is 3. The molecule has 0 bridgehead atoms. The molecule has 3 aromatic carbocycles. The number of nitriles is 1. The summed E-state index contributed by atoms with van der Waals surface area (Å²) < 4.78 is 20.9. The van der Waals surface area contributed by atoms with E-state index < -0.39 is 29.6 Å². The lowest BCUT2D eigenvalue weighted by molar-refractivity contribution is -0.136. The number of halogens is 1.